The van der Waals surface area contributed by atoms with E-state index in [1.54, 1.807) is 23.6 Å². The van der Waals surface area contributed by atoms with E-state index in [9.17, 15) is 18.0 Å². The van der Waals surface area contributed by atoms with Crippen LogP contribution >= 0.6 is 11.3 Å². The Bertz CT molecular complexity index is 1350. The molecule has 0 saturated heterocycles. The molecule has 0 fully saturated rings. The Morgan fingerprint density at radius 3 is 2.45 bits per heavy atom. The lowest BCUT2D eigenvalue weighted by Crippen LogP contribution is -2.23. The molecular formula is C23H26N2O6S2. The molecule has 2 aromatic carbocycles. The van der Waals surface area contributed by atoms with Crippen molar-refractivity contribution in [1.29, 1.82) is 0 Å². The Hall–Kier alpha value is -2.98. The summed E-state index contributed by atoms with van der Waals surface area (Å²) in [6.45, 7) is 5.78. The van der Waals surface area contributed by atoms with Crippen LogP contribution in [-0.2, 0) is 30.7 Å². The Morgan fingerprint density at radius 2 is 1.82 bits per heavy atom. The molecule has 0 saturated carbocycles. The molecular weight excluding hydrogens is 464 g/mol. The molecule has 0 spiro atoms. The maximum Gasteiger partial charge on any atom is 0.326 e. The second-order valence-corrected chi connectivity index (χ2v) is 10.5. The number of rotatable bonds is 8. The summed E-state index contributed by atoms with van der Waals surface area (Å²) in [7, 11) is -2.17. The summed E-state index contributed by atoms with van der Waals surface area (Å²) in [5, 5.41) is 0. The molecule has 8 nitrogen and oxygen atoms in total. The maximum absolute atomic E-state index is 12.6. The number of hydrogen-bond acceptors (Lipinski definition) is 7. The Morgan fingerprint density at radius 1 is 1.12 bits per heavy atom. The van der Waals surface area contributed by atoms with Crippen LogP contribution in [0.25, 0.3) is 10.2 Å². The minimum absolute atomic E-state index is 0.0903. The van der Waals surface area contributed by atoms with Gasteiger partial charge in [0.1, 0.15) is 12.3 Å². The van der Waals surface area contributed by atoms with E-state index in [0.29, 0.717) is 10.6 Å². The van der Waals surface area contributed by atoms with Crippen LogP contribution in [0.15, 0.2) is 46.3 Å². The van der Waals surface area contributed by atoms with Gasteiger partial charge in [-0.05, 0) is 62.2 Å². The first-order valence-corrected chi connectivity index (χ1v) is 12.8. The van der Waals surface area contributed by atoms with E-state index in [1.807, 2.05) is 26.0 Å². The highest BCUT2D eigenvalue weighted by Crippen LogP contribution is 2.24. The first kappa shape index (κ1) is 24.7. The van der Waals surface area contributed by atoms with Crippen LogP contribution < -0.4 is 9.54 Å². The van der Waals surface area contributed by atoms with Crippen molar-refractivity contribution in [2.45, 2.75) is 38.6 Å². The fourth-order valence-electron chi connectivity index (χ4n) is 3.37. The number of aryl methyl sites for hydroxylation is 2. The summed E-state index contributed by atoms with van der Waals surface area (Å²) in [5.74, 6) is -0.845. The van der Waals surface area contributed by atoms with Crippen LogP contribution in [0.4, 0.5) is 0 Å². The van der Waals surface area contributed by atoms with Gasteiger partial charge in [-0.1, -0.05) is 17.4 Å². The van der Waals surface area contributed by atoms with Gasteiger partial charge >= 0.3 is 5.97 Å². The van der Waals surface area contributed by atoms with Crippen LogP contribution in [0.5, 0.6) is 5.75 Å². The van der Waals surface area contributed by atoms with Gasteiger partial charge in [-0.2, -0.15) is 4.99 Å². The number of esters is 1. The van der Waals surface area contributed by atoms with Crippen LogP contribution in [-0.4, -0.2) is 44.3 Å². The van der Waals surface area contributed by atoms with Crippen LogP contribution in [0.1, 0.15) is 24.5 Å². The number of carbonyl (C=O) groups is 2. The van der Waals surface area contributed by atoms with Gasteiger partial charge in [-0.15, -0.1) is 0 Å². The Kier molecular flexibility index (Phi) is 7.70. The molecule has 33 heavy (non-hydrogen) atoms. The molecule has 0 aliphatic rings. The molecule has 0 atom stereocenters. The third-order valence-corrected chi connectivity index (χ3v) is 7.89. The average molecular weight is 491 g/mol. The first-order valence-electron chi connectivity index (χ1n) is 10.3. The van der Waals surface area contributed by atoms with E-state index in [2.05, 4.69) is 4.99 Å². The number of sulfone groups is 1. The monoisotopic (exact) mass is 490 g/mol. The summed E-state index contributed by atoms with van der Waals surface area (Å²) >= 11 is 1.29. The summed E-state index contributed by atoms with van der Waals surface area (Å²) in [5.41, 5.74) is 2.80. The number of thiazole rings is 1. The number of methoxy groups -OCH3 is 1. The lowest BCUT2D eigenvalue weighted by molar-refractivity contribution is -0.143. The molecule has 3 aromatic rings. The number of benzene rings is 2. The molecule has 0 bridgehead atoms. The van der Waals surface area contributed by atoms with Gasteiger partial charge < -0.3 is 14.0 Å². The Labute approximate surface area is 196 Å². The summed E-state index contributed by atoms with van der Waals surface area (Å²) in [6, 6.07) is 9.94. The predicted octanol–water partition coefficient (Wildman–Crippen LogP) is 3.18. The second kappa shape index (κ2) is 10.3. The number of carbonyl (C=O) groups excluding carboxylic acids is 2. The molecule has 0 unspecified atom stereocenters. The quantitative estimate of drug-likeness (QED) is 0.449. The maximum atomic E-state index is 12.6. The minimum atomic E-state index is -3.66. The third kappa shape index (κ3) is 5.88. The van der Waals surface area contributed by atoms with Crippen molar-refractivity contribution < 1.29 is 27.5 Å². The number of aromatic nitrogens is 1. The van der Waals surface area contributed by atoms with Crippen molar-refractivity contribution in [2.24, 2.45) is 4.99 Å². The van der Waals surface area contributed by atoms with E-state index in [-0.39, 0.29) is 30.2 Å². The van der Waals surface area contributed by atoms with E-state index < -0.39 is 21.7 Å². The van der Waals surface area contributed by atoms with Gasteiger partial charge in [0, 0.05) is 6.42 Å². The smallest absolute Gasteiger partial charge is 0.326 e. The SMILES string of the molecule is CCOC(=O)Cn1c(=NC(=O)CCS(=O)(=O)c2ccc(OC)cc2)sc2c(C)cc(C)cc21. The van der Waals surface area contributed by atoms with Gasteiger partial charge in [0.25, 0.3) is 0 Å². The Balaban J connectivity index is 1.90. The fourth-order valence-corrected chi connectivity index (χ4v) is 5.70. The van der Waals surface area contributed by atoms with Gasteiger partial charge in [0.05, 0.1) is 34.6 Å². The van der Waals surface area contributed by atoms with Gasteiger partial charge in [0.2, 0.25) is 5.91 Å². The number of ether oxygens (including phenoxy) is 2. The highest BCUT2D eigenvalue weighted by molar-refractivity contribution is 7.91. The summed E-state index contributed by atoms with van der Waals surface area (Å²) < 4.78 is 37.9. The molecule has 10 heteroatoms. The molecule has 3 rings (SSSR count). The van der Waals surface area contributed by atoms with Crippen LogP contribution in [0, 0.1) is 13.8 Å². The van der Waals surface area contributed by atoms with Crippen molar-refractivity contribution in [3.63, 3.8) is 0 Å². The first-order chi connectivity index (χ1) is 15.6. The van der Waals surface area contributed by atoms with Gasteiger partial charge in [-0.25, -0.2) is 8.42 Å². The zero-order valence-corrected chi connectivity index (χ0v) is 20.6. The zero-order chi connectivity index (χ0) is 24.2. The van der Waals surface area contributed by atoms with Crippen LogP contribution in [0.2, 0.25) is 0 Å². The molecule has 1 aromatic heterocycles. The standard InChI is InChI=1S/C23H26N2O6S2/c1-5-31-21(27)14-25-19-13-15(2)12-16(3)22(19)32-23(25)24-20(26)10-11-33(28,29)18-8-6-17(30-4)7-9-18/h6-9,12-13H,5,10-11,14H2,1-4H3. The van der Waals surface area contributed by atoms with E-state index in [0.717, 1.165) is 21.3 Å². The van der Waals surface area contributed by atoms with E-state index in [4.69, 9.17) is 9.47 Å². The number of nitrogens with zero attached hydrogens (tertiary/aromatic N) is 2. The number of amides is 1. The lowest BCUT2D eigenvalue weighted by atomic mass is 10.1. The summed E-state index contributed by atoms with van der Waals surface area (Å²) in [4.78, 5) is 29.4. The fraction of sp³-hybridized carbons (Fsp3) is 0.348. The van der Waals surface area contributed by atoms with Crippen LogP contribution in [0.3, 0.4) is 0 Å². The number of fused-ring (bicyclic) bond motifs is 1. The van der Waals surface area contributed by atoms with Crippen molar-refractivity contribution in [2.75, 3.05) is 19.5 Å². The molecule has 1 heterocycles. The zero-order valence-electron chi connectivity index (χ0n) is 19.0. The minimum Gasteiger partial charge on any atom is -0.497 e. The topological polar surface area (TPSA) is 104 Å². The lowest BCUT2D eigenvalue weighted by Gasteiger charge is -2.06. The summed E-state index contributed by atoms with van der Waals surface area (Å²) in [6.07, 6.45) is -0.278. The second-order valence-electron chi connectivity index (χ2n) is 7.46. The van der Waals surface area contributed by atoms with Crippen molar-refractivity contribution in [3.8, 4) is 5.75 Å². The normalized spacial score (nSPS) is 12.2. The molecule has 0 aliphatic heterocycles. The van der Waals surface area contributed by atoms with Gasteiger partial charge in [-0.3, -0.25) is 9.59 Å². The predicted molar refractivity (Wildman–Crippen MR) is 126 cm³/mol. The van der Waals surface area contributed by atoms with Crippen molar-refractivity contribution in [1.82, 2.24) is 4.57 Å². The molecule has 1 amide bonds. The molecule has 0 radical (unpaired) electrons. The highest BCUT2D eigenvalue weighted by Gasteiger charge is 2.18. The third-order valence-electron chi connectivity index (χ3n) is 4.93. The van der Waals surface area contributed by atoms with Crippen molar-refractivity contribution >= 4 is 43.3 Å². The van der Waals surface area contributed by atoms with E-state index in [1.165, 1.54) is 30.6 Å². The van der Waals surface area contributed by atoms with E-state index >= 15 is 0 Å². The van der Waals surface area contributed by atoms with Crippen molar-refractivity contribution in [3.05, 3.63) is 52.3 Å². The number of hydrogen-bond donors (Lipinski definition) is 0. The molecule has 176 valence electrons. The largest absolute Gasteiger partial charge is 0.497 e. The molecule has 0 N–H and O–H groups in total. The van der Waals surface area contributed by atoms with Gasteiger partial charge in [0.15, 0.2) is 14.6 Å². The highest BCUT2D eigenvalue weighted by atomic mass is 32.2. The average Bonchev–Trinajstić information content (AvgIpc) is 3.10. The molecule has 0 aliphatic carbocycles.